The summed E-state index contributed by atoms with van der Waals surface area (Å²) in [6, 6.07) is 4.84. The SMILES string of the molecule is CCOC(=O)c1c(C)[nH]c(C(=O)CN(C)Cc2ccc(C(F)(F)F)cc2)c1C. The van der Waals surface area contributed by atoms with Crippen molar-refractivity contribution in [2.24, 2.45) is 0 Å². The number of alkyl halides is 3. The van der Waals surface area contributed by atoms with E-state index in [4.69, 9.17) is 4.74 Å². The summed E-state index contributed by atoms with van der Waals surface area (Å²) < 4.78 is 42.9. The molecule has 152 valence electrons. The Hall–Kier alpha value is -2.61. The largest absolute Gasteiger partial charge is 0.462 e. The van der Waals surface area contributed by atoms with Gasteiger partial charge >= 0.3 is 12.1 Å². The summed E-state index contributed by atoms with van der Waals surface area (Å²) in [6.45, 7) is 5.68. The van der Waals surface area contributed by atoms with Crippen LogP contribution >= 0.6 is 0 Å². The Bertz CT molecular complexity index is 855. The number of esters is 1. The van der Waals surface area contributed by atoms with Crippen molar-refractivity contribution in [3.63, 3.8) is 0 Å². The molecule has 0 atom stereocenters. The van der Waals surface area contributed by atoms with Gasteiger partial charge < -0.3 is 9.72 Å². The number of aryl methyl sites for hydroxylation is 1. The molecule has 1 heterocycles. The van der Waals surface area contributed by atoms with E-state index in [0.29, 0.717) is 34.6 Å². The Labute approximate surface area is 161 Å². The minimum atomic E-state index is -4.37. The van der Waals surface area contributed by atoms with Crippen molar-refractivity contribution in [3.8, 4) is 0 Å². The number of hydrogen-bond donors (Lipinski definition) is 1. The maximum atomic E-state index is 12.6. The molecule has 0 saturated carbocycles. The number of carbonyl (C=O) groups is 2. The van der Waals surface area contributed by atoms with Crippen LogP contribution in [0.1, 0.15) is 50.2 Å². The molecule has 0 aliphatic carbocycles. The molecule has 0 unspecified atom stereocenters. The molecule has 8 heteroatoms. The number of aromatic amines is 1. The lowest BCUT2D eigenvalue weighted by atomic mass is 10.1. The molecule has 0 aliphatic heterocycles. The van der Waals surface area contributed by atoms with Crippen LogP contribution in [0.4, 0.5) is 13.2 Å². The number of halogens is 3. The van der Waals surface area contributed by atoms with E-state index in [1.165, 1.54) is 12.1 Å². The van der Waals surface area contributed by atoms with Crippen molar-refractivity contribution in [2.45, 2.75) is 33.5 Å². The molecular formula is C20H23F3N2O3. The number of nitrogens with one attached hydrogen (secondary N) is 1. The zero-order chi connectivity index (χ0) is 21.1. The van der Waals surface area contributed by atoms with E-state index >= 15 is 0 Å². The predicted octanol–water partition coefficient (Wildman–Crippen LogP) is 4.14. The highest BCUT2D eigenvalue weighted by Gasteiger charge is 2.30. The predicted molar refractivity (Wildman–Crippen MR) is 98.3 cm³/mol. The number of Topliss-reactive ketones (excluding diaryl/α,β-unsaturated/α-hetero) is 1. The van der Waals surface area contributed by atoms with Gasteiger partial charge in [0.25, 0.3) is 0 Å². The second-order valence-corrected chi connectivity index (χ2v) is 6.64. The van der Waals surface area contributed by atoms with E-state index in [1.807, 2.05) is 0 Å². The van der Waals surface area contributed by atoms with Gasteiger partial charge in [-0.2, -0.15) is 13.2 Å². The Balaban J connectivity index is 2.06. The molecule has 2 aromatic rings. The fourth-order valence-corrected chi connectivity index (χ4v) is 3.03. The average molecular weight is 396 g/mol. The van der Waals surface area contributed by atoms with Gasteiger partial charge in [0.15, 0.2) is 5.78 Å². The normalized spacial score (nSPS) is 11.7. The molecule has 0 radical (unpaired) electrons. The minimum absolute atomic E-state index is 0.0457. The first-order valence-electron chi connectivity index (χ1n) is 8.78. The lowest BCUT2D eigenvalue weighted by molar-refractivity contribution is -0.137. The monoisotopic (exact) mass is 396 g/mol. The van der Waals surface area contributed by atoms with Gasteiger partial charge in [0.1, 0.15) is 0 Å². The van der Waals surface area contributed by atoms with E-state index in [2.05, 4.69) is 4.98 Å². The molecular weight excluding hydrogens is 373 g/mol. The number of rotatable bonds is 7. The van der Waals surface area contributed by atoms with Crippen LogP contribution in [0.3, 0.4) is 0 Å². The van der Waals surface area contributed by atoms with Crippen LogP contribution in [-0.4, -0.2) is 41.8 Å². The molecule has 1 N–H and O–H groups in total. The third-order valence-electron chi connectivity index (χ3n) is 4.34. The Kier molecular flexibility index (Phi) is 6.66. The Morgan fingerprint density at radius 2 is 1.75 bits per heavy atom. The zero-order valence-corrected chi connectivity index (χ0v) is 16.2. The third-order valence-corrected chi connectivity index (χ3v) is 4.34. The quantitative estimate of drug-likeness (QED) is 0.564. The van der Waals surface area contributed by atoms with Crippen LogP contribution < -0.4 is 0 Å². The van der Waals surface area contributed by atoms with Gasteiger partial charge in [-0.3, -0.25) is 9.69 Å². The topological polar surface area (TPSA) is 62.4 Å². The number of nitrogens with zero attached hydrogens (tertiary/aromatic N) is 1. The van der Waals surface area contributed by atoms with Gasteiger partial charge in [0.05, 0.1) is 30.0 Å². The number of hydrogen-bond acceptors (Lipinski definition) is 4. The van der Waals surface area contributed by atoms with E-state index in [9.17, 15) is 22.8 Å². The number of ketones is 1. The highest BCUT2D eigenvalue weighted by atomic mass is 19.4. The molecule has 1 aromatic heterocycles. The van der Waals surface area contributed by atoms with E-state index in [-0.39, 0.29) is 18.9 Å². The van der Waals surface area contributed by atoms with Crippen molar-refractivity contribution < 1.29 is 27.5 Å². The Morgan fingerprint density at radius 3 is 2.29 bits per heavy atom. The summed E-state index contributed by atoms with van der Waals surface area (Å²) in [6.07, 6.45) is -4.37. The lowest BCUT2D eigenvalue weighted by Crippen LogP contribution is -2.26. The molecule has 0 amide bonds. The van der Waals surface area contributed by atoms with Crippen LogP contribution in [0.5, 0.6) is 0 Å². The van der Waals surface area contributed by atoms with Crippen LogP contribution in [0.15, 0.2) is 24.3 Å². The molecule has 28 heavy (non-hydrogen) atoms. The van der Waals surface area contributed by atoms with Gasteiger partial charge in [-0.05, 0) is 51.1 Å². The van der Waals surface area contributed by atoms with E-state index in [0.717, 1.165) is 12.1 Å². The number of H-pyrrole nitrogens is 1. The molecule has 0 aliphatic rings. The van der Waals surface area contributed by atoms with Gasteiger partial charge in [0.2, 0.25) is 0 Å². The van der Waals surface area contributed by atoms with Crippen molar-refractivity contribution >= 4 is 11.8 Å². The zero-order valence-electron chi connectivity index (χ0n) is 16.2. The second-order valence-electron chi connectivity index (χ2n) is 6.64. The number of likely N-dealkylation sites (N-methyl/N-ethyl adjacent to an activating group) is 1. The molecule has 2 rings (SSSR count). The molecule has 1 aromatic carbocycles. The van der Waals surface area contributed by atoms with Crippen molar-refractivity contribution in [3.05, 3.63) is 57.9 Å². The van der Waals surface area contributed by atoms with Gasteiger partial charge in [-0.1, -0.05) is 12.1 Å². The average Bonchev–Trinajstić information content (AvgIpc) is 2.89. The summed E-state index contributed by atoms with van der Waals surface area (Å²) in [5.41, 5.74) is 1.73. The second kappa shape index (κ2) is 8.60. The van der Waals surface area contributed by atoms with Crippen LogP contribution in [0.25, 0.3) is 0 Å². The van der Waals surface area contributed by atoms with Crippen molar-refractivity contribution in [2.75, 3.05) is 20.2 Å². The van der Waals surface area contributed by atoms with Crippen molar-refractivity contribution in [1.82, 2.24) is 9.88 Å². The lowest BCUT2D eigenvalue weighted by Gasteiger charge is -2.16. The van der Waals surface area contributed by atoms with Crippen LogP contribution in [0, 0.1) is 13.8 Å². The van der Waals surface area contributed by atoms with Crippen LogP contribution in [-0.2, 0) is 17.5 Å². The van der Waals surface area contributed by atoms with Gasteiger partial charge in [-0.25, -0.2) is 4.79 Å². The first-order valence-corrected chi connectivity index (χ1v) is 8.78. The van der Waals surface area contributed by atoms with Gasteiger partial charge in [0, 0.05) is 12.2 Å². The van der Waals surface area contributed by atoms with Gasteiger partial charge in [-0.15, -0.1) is 0 Å². The summed E-state index contributed by atoms with van der Waals surface area (Å²) in [5, 5.41) is 0. The molecule has 0 spiro atoms. The summed E-state index contributed by atoms with van der Waals surface area (Å²) in [7, 11) is 1.70. The van der Waals surface area contributed by atoms with E-state index < -0.39 is 17.7 Å². The third kappa shape index (κ3) is 5.01. The summed E-state index contributed by atoms with van der Waals surface area (Å²) >= 11 is 0. The summed E-state index contributed by atoms with van der Waals surface area (Å²) in [4.78, 5) is 29.3. The summed E-state index contributed by atoms with van der Waals surface area (Å²) in [5.74, 6) is -0.698. The number of carbonyl (C=O) groups excluding carboxylic acids is 2. The first kappa shape index (κ1) is 21.7. The fourth-order valence-electron chi connectivity index (χ4n) is 3.03. The maximum Gasteiger partial charge on any atom is 0.416 e. The number of benzene rings is 1. The Morgan fingerprint density at radius 1 is 1.14 bits per heavy atom. The highest BCUT2D eigenvalue weighted by molar-refractivity contribution is 6.02. The molecule has 0 bridgehead atoms. The highest BCUT2D eigenvalue weighted by Crippen LogP contribution is 2.29. The number of ether oxygens (including phenoxy) is 1. The number of aromatic nitrogens is 1. The smallest absolute Gasteiger partial charge is 0.416 e. The first-order chi connectivity index (χ1) is 13.0. The standard InChI is InChI=1S/C20H23F3N2O3/c1-5-28-19(27)17-12(2)18(24-13(17)3)16(26)11-25(4)10-14-6-8-15(9-7-14)20(21,22)23/h6-9,24H,5,10-11H2,1-4H3. The van der Waals surface area contributed by atoms with Crippen molar-refractivity contribution in [1.29, 1.82) is 0 Å². The van der Waals surface area contributed by atoms with E-state index in [1.54, 1.807) is 32.7 Å². The molecule has 0 saturated heterocycles. The maximum absolute atomic E-state index is 12.6. The molecule has 5 nitrogen and oxygen atoms in total. The fraction of sp³-hybridized carbons (Fsp3) is 0.400. The minimum Gasteiger partial charge on any atom is -0.462 e. The van der Waals surface area contributed by atoms with Crippen LogP contribution in [0.2, 0.25) is 0 Å². The molecule has 0 fully saturated rings.